The molecule has 5 nitrogen and oxygen atoms in total. The normalized spacial score (nSPS) is 9.62. The lowest BCUT2D eigenvalue weighted by Crippen LogP contribution is -2.10. The smallest absolute Gasteiger partial charge is 0.409 e. The molecule has 0 aliphatic carbocycles. The van der Waals surface area contributed by atoms with Crippen LogP contribution in [0, 0.1) is 0 Å². The van der Waals surface area contributed by atoms with Crippen molar-refractivity contribution < 1.29 is 15.0 Å². The SMILES string of the molecule is O=C(O)Nc1cnccc1CCO. The summed E-state index contributed by atoms with van der Waals surface area (Å²) in [6, 6.07) is 1.67. The Bertz CT molecular complexity index is 301. The third-order valence-electron chi connectivity index (χ3n) is 1.53. The van der Waals surface area contributed by atoms with Crippen molar-refractivity contribution >= 4 is 11.8 Å². The van der Waals surface area contributed by atoms with E-state index in [0.717, 1.165) is 5.56 Å². The quantitative estimate of drug-likeness (QED) is 0.642. The molecule has 5 heteroatoms. The van der Waals surface area contributed by atoms with Gasteiger partial charge in [0, 0.05) is 12.8 Å². The molecule has 0 spiro atoms. The van der Waals surface area contributed by atoms with E-state index in [1.807, 2.05) is 0 Å². The Morgan fingerprint density at radius 3 is 3.00 bits per heavy atom. The van der Waals surface area contributed by atoms with E-state index < -0.39 is 6.09 Å². The Kier molecular flexibility index (Phi) is 3.22. The summed E-state index contributed by atoms with van der Waals surface area (Å²) >= 11 is 0. The first kappa shape index (κ1) is 9.47. The van der Waals surface area contributed by atoms with E-state index >= 15 is 0 Å². The fourth-order valence-corrected chi connectivity index (χ4v) is 0.989. The van der Waals surface area contributed by atoms with Crippen molar-refractivity contribution in [2.45, 2.75) is 6.42 Å². The number of aliphatic hydroxyl groups is 1. The first-order valence-electron chi connectivity index (χ1n) is 3.77. The van der Waals surface area contributed by atoms with Crippen molar-refractivity contribution in [2.24, 2.45) is 0 Å². The lowest BCUT2D eigenvalue weighted by atomic mass is 10.2. The molecule has 1 heterocycles. The van der Waals surface area contributed by atoms with E-state index in [1.165, 1.54) is 6.20 Å². The summed E-state index contributed by atoms with van der Waals surface area (Å²) in [6.45, 7) is -0.0156. The second-order valence-corrected chi connectivity index (χ2v) is 2.44. The fraction of sp³-hybridized carbons (Fsp3) is 0.250. The summed E-state index contributed by atoms with van der Waals surface area (Å²) in [5.74, 6) is 0. The highest BCUT2D eigenvalue weighted by Crippen LogP contribution is 2.13. The molecule has 70 valence electrons. The number of anilines is 1. The molecule has 0 fully saturated rings. The van der Waals surface area contributed by atoms with E-state index in [4.69, 9.17) is 10.2 Å². The number of nitrogens with zero attached hydrogens (tertiary/aromatic N) is 1. The van der Waals surface area contributed by atoms with Crippen LogP contribution in [0.2, 0.25) is 0 Å². The molecule has 0 atom stereocenters. The van der Waals surface area contributed by atoms with Crippen LogP contribution in [0.1, 0.15) is 5.56 Å². The van der Waals surface area contributed by atoms with Crippen molar-refractivity contribution in [2.75, 3.05) is 11.9 Å². The first-order chi connectivity index (χ1) is 6.24. The average molecular weight is 182 g/mol. The van der Waals surface area contributed by atoms with Gasteiger partial charge in [-0.3, -0.25) is 10.3 Å². The predicted molar refractivity (Wildman–Crippen MR) is 46.7 cm³/mol. The van der Waals surface area contributed by atoms with Gasteiger partial charge >= 0.3 is 6.09 Å². The fourth-order valence-electron chi connectivity index (χ4n) is 0.989. The van der Waals surface area contributed by atoms with Crippen LogP contribution in [-0.4, -0.2) is 27.9 Å². The van der Waals surface area contributed by atoms with Gasteiger partial charge in [-0.25, -0.2) is 4.79 Å². The predicted octanol–water partition coefficient (Wildman–Crippen LogP) is 0.706. The molecule has 3 N–H and O–H groups in total. The minimum Gasteiger partial charge on any atom is -0.465 e. The van der Waals surface area contributed by atoms with Crippen LogP contribution in [0.15, 0.2) is 18.5 Å². The maximum absolute atomic E-state index is 10.3. The molecule has 1 rings (SSSR count). The number of carbonyl (C=O) groups is 1. The Hall–Kier alpha value is -1.62. The van der Waals surface area contributed by atoms with Gasteiger partial charge in [-0.2, -0.15) is 0 Å². The Morgan fingerprint density at radius 2 is 2.38 bits per heavy atom. The van der Waals surface area contributed by atoms with E-state index in [9.17, 15) is 4.79 Å². The largest absolute Gasteiger partial charge is 0.465 e. The van der Waals surface area contributed by atoms with Gasteiger partial charge in [0.25, 0.3) is 0 Å². The lowest BCUT2D eigenvalue weighted by Gasteiger charge is -2.05. The van der Waals surface area contributed by atoms with Crippen molar-refractivity contribution in [3.05, 3.63) is 24.0 Å². The third-order valence-corrected chi connectivity index (χ3v) is 1.53. The first-order valence-corrected chi connectivity index (χ1v) is 3.77. The van der Waals surface area contributed by atoms with Gasteiger partial charge in [-0.15, -0.1) is 0 Å². The van der Waals surface area contributed by atoms with Crippen LogP contribution in [0.5, 0.6) is 0 Å². The molecule has 13 heavy (non-hydrogen) atoms. The number of amides is 1. The number of rotatable bonds is 3. The zero-order valence-electron chi connectivity index (χ0n) is 6.90. The molecule has 1 amide bonds. The highest BCUT2D eigenvalue weighted by Gasteiger charge is 2.03. The van der Waals surface area contributed by atoms with Gasteiger partial charge in [0.15, 0.2) is 0 Å². The van der Waals surface area contributed by atoms with E-state index in [2.05, 4.69) is 10.3 Å². The number of aliphatic hydroxyl groups excluding tert-OH is 1. The second-order valence-electron chi connectivity index (χ2n) is 2.44. The van der Waals surface area contributed by atoms with Crippen LogP contribution in [0.25, 0.3) is 0 Å². The molecule has 0 unspecified atom stereocenters. The Balaban J connectivity index is 2.84. The Labute approximate surface area is 75.0 Å². The summed E-state index contributed by atoms with van der Waals surface area (Å²) in [7, 11) is 0. The van der Waals surface area contributed by atoms with Crippen molar-refractivity contribution in [3.8, 4) is 0 Å². The van der Waals surface area contributed by atoms with Gasteiger partial charge in [0.05, 0.1) is 11.9 Å². The van der Waals surface area contributed by atoms with E-state index in [1.54, 1.807) is 12.3 Å². The van der Waals surface area contributed by atoms with Crippen LogP contribution in [0.4, 0.5) is 10.5 Å². The monoisotopic (exact) mass is 182 g/mol. The summed E-state index contributed by atoms with van der Waals surface area (Å²) in [5, 5.41) is 19.3. The number of hydrogen-bond donors (Lipinski definition) is 3. The number of aromatic nitrogens is 1. The summed E-state index contributed by atoms with van der Waals surface area (Å²) in [4.78, 5) is 14.1. The van der Waals surface area contributed by atoms with Gasteiger partial charge < -0.3 is 10.2 Å². The highest BCUT2D eigenvalue weighted by atomic mass is 16.4. The zero-order chi connectivity index (χ0) is 9.68. The van der Waals surface area contributed by atoms with Gasteiger partial charge in [0.1, 0.15) is 0 Å². The summed E-state index contributed by atoms with van der Waals surface area (Å²) in [5.41, 5.74) is 1.16. The van der Waals surface area contributed by atoms with Crippen molar-refractivity contribution in [3.63, 3.8) is 0 Å². The molecule has 0 saturated heterocycles. The van der Waals surface area contributed by atoms with E-state index in [0.29, 0.717) is 12.1 Å². The van der Waals surface area contributed by atoms with Crippen LogP contribution < -0.4 is 5.32 Å². The summed E-state index contributed by atoms with van der Waals surface area (Å²) < 4.78 is 0. The summed E-state index contributed by atoms with van der Waals surface area (Å²) in [6.07, 6.45) is 2.25. The minimum atomic E-state index is -1.13. The van der Waals surface area contributed by atoms with Crippen LogP contribution >= 0.6 is 0 Å². The lowest BCUT2D eigenvalue weighted by molar-refractivity contribution is 0.209. The second kappa shape index (κ2) is 4.42. The molecular weight excluding hydrogens is 172 g/mol. The number of carboxylic acid groups (broad SMARTS) is 1. The van der Waals surface area contributed by atoms with Crippen LogP contribution in [0.3, 0.4) is 0 Å². The minimum absolute atomic E-state index is 0.0156. The van der Waals surface area contributed by atoms with E-state index in [-0.39, 0.29) is 6.61 Å². The third kappa shape index (κ3) is 2.72. The molecule has 0 aliphatic heterocycles. The molecule has 0 bridgehead atoms. The van der Waals surface area contributed by atoms with Gasteiger partial charge in [-0.1, -0.05) is 0 Å². The van der Waals surface area contributed by atoms with Gasteiger partial charge in [0.2, 0.25) is 0 Å². The Morgan fingerprint density at radius 1 is 1.62 bits per heavy atom. The molecule has 0 radical (unpaired) electrons. The maximum atomic E-state index is 10.3. The van der Waals surface area contributed by atoms with Crippen molar-refractivity contribution in [1.82, 2.24) is 4.98 Å². The molecule has 0 aliphatic rings. The number of pyridine rings is 1. The topological polar surface area (TPSA) is 82.5 Å². The van der Waals surface area contributed by atoms with Crippen molar-refractivity contribution in [1.29, 1.82) is 0 Å². The number of nitrogens with one attached hydrogen (secondary N) is 1. The molecule has 1 aromatic heterocycles. The average Bonchev–Trinajstić information content (AvgIpc) is 2.08. The molecule has 0 saturated carbocycles. The highest BCUT2D eigenvalue weighted by molar-refractivity contribution is 5.83. The standard InChI is InChI=1S/C8H10N2O3/c11-4-2-6-1-3-9-5-7(6)10-8(12)13/h1,3,5,10-11H,2,4H2,(H,12,13). The number of hydrogen-bond acceptors (Lipinski definition) is 3. The van der Waals surface area contributed by atoms with Gasteiger partial charge in [-0.05, 0) is 18.1 Å². The maximum Gasteiger partial charge on any atom is 0.409 e. The molecule has 0 aromatic carbocycles. The van der Waals surface area contributed by atoms with Crippen LogP contribution in [-0.2, 0) is 6.42 Å². The molecular formula is C8H10N2O3. The molecule has 1 aromatic rings. The zero-order valence-corrected chi connectivity index (χ0v) is 6.90.